The molecule has 10 heteroatoms. The van der Waals surface area contributed by atoms with Crippen molar-refractivity contribution in [3.05, 3.63) is 65.4 Å². The lowest BCUT2D eigenvalue weighted by molar-refractivity contribution is 0.1000. The average Bonchev–Trinajstić information content (AvgIpc) is 2.68. The molecule has 0 unspecified atom stereocenters. The molecule has 0 saturated heterocycles. The van der Waals surface area contributed by atoms with Crippen molar-refractivity contribution in [2.24, 2.45) is 5.73 Å². The summed E-state index contributed by atoms with van der Waals surface area (Å²) in [6, 6.07) is 7.97. The van der Waals surface area contributed by atoms with Crippen LogP contribution in [0.5, 0.6) is 0 Å². The number of amides is 1. The second-order valence-electron chi connectivity index (χ2n) is 6.72. The predicted molar refractivity (Wildman–Crippen MR) is 99.6 cm³/mol. The standard InChI is InChI=1S/C19H17F3N6O/c1-19(2,15-5-3-4-13(25-15)16(21)22)26-18-24-9-14(27-28-18)11-8-10(17(23)29)6-7-12(11)20/h3-9,16H,1-2H3,(H2,23,29)(H,24,26,28). The lowest BCUT2D eigenvalue weighted by atomic mass is 10.00. The number of rotatable bonds is 6. The van der Waals surface area contributed by atoms with Gasteiger partial charge in [-0.1, -0.05) is 6.07 Å². The van der Waals surface area contributed by atoms with Gasteiger partial charge < -0.3 is 11.1 Å². The molecule has 7 nitrogen and oxygen atoms in total. The third kappa shape index (κ3) is 4.48. The Morgan fingerprint density at radius 3 is 2.55 bits per heavy atom. The highest BCUT2D eigenvalue weighted by Gasteiger charge is 2.25. The zero-order valence-corrected chi connectivity index (χ0v) is 15.5. The lowest BCUT2D eigenvalue weighted by Crippen LogP contribution is -2.30. The Labute approximate surface area is 164 Å². The number of hydrogen-bond acceptors (Lipinski definition) is 6. The Bertz CT molecular complexity index is 1040. The van der Waals surface area contributed by atoms with Crippen molar-refractivity contribution in [3.63, 3.8) is 0 Å². The van der Waals surface area contributed by atoms with E-state index in [1.54, 1.807) is 19.9 Å². The Morgan fingerprint density at radius 1 is 1.17 bits per heavy atom. The van der Waals surface area contributed by atoms with Crippen LogP contribution >= 0.6 is 0 Å². The third-order valence-corrected chi connectivity index (χ3v) is 4.15. The van der Waals surface area contributed by atoms with E-state index < -0.39 is 23.7 Å². The summed E-state index contributed by atoms with van der Waals surface area (Å²) in [7, 11) is 0. The van der Waals surface area contributed by atoms with Gasteiger partial charge in [0.2, 0.25) is 11.9 Å². The number of alkyl halides is 2. The molecule has 0 aliphatic carbocycles. The summed E-state index contributed by atoms with van der Waals surface area (Å²) in [4.78, 5) is 19.3. The van der Waals surface area contributed by atoms with Gasteiger partial charge in [0.25, 0.3) is 6.43 Å². The maximum atomic E-state index is 14.1. The summed E-state index contributed by atoms with van der Waals surface area (Å²) < 4.78 is 39.9. The summed E-state index contributed by atoms with van der Waals surface area (Å²) in [6.07, 6.45) is -1.41. The molecule has 3 aromatic rings. The Kier molecular flexibility index (Phi) is 5.44. The summed E-state index contributed by atoms with van der Waals surface area (Å²) in [5.41, 5.74) is 4.61. The van der Waals surface area contributed by atoms with Crippen molar-refractivity contribution in [1.29, 1.82) is 0 Å². The highest BCUT2D eigenvalue weighted by atomic mass is 19.3. The molecule has 2 heterocycles. The van der Waals surface area contributed by atoms with Gasteiger partial charge in [0.05, 0.1) is 17.4 Å². The third-order valence-electron chi connectivity index (χ3n) is 4.15. The Balaban J connectivity index is 1.85. The molecular weight excluding hydrogens is 385 g/mol. The zero-order valence-electron chi connectivity index (χ0n) is 15.5. The van der Waals surface area contributed by atoms with Crippen molar-refractivity contribution < 1.29 is 18.0 Å². The number of nitrogens with zero attached hydrogens (tertiary/aromatic N) is 4. The van der Waals surface area contributed by atoms with E-state index >= 15 is 0 Å². The normalized spacial score (nSPS) is 11.5. The first-order valence-corrected chi connectivity index (χ1v) is 8.50. The zero-order chi connectivity index (χ0) is 21.2. The molecule has 0 bridgehead atoms. The molecule has 150 valence electrons. The van der Waals surface area contributed by atoms with E-state index in [0.29, 0.717) is 5.69 Å². The molecule has 0 fully saturated rings. The minimum atomic E-state index is -2.69. The first-order valence-electron chi connectivity index (χ1n) is 8.50. The second-order valence-corrected chi connectivity index (χ2v) is 6.72. The van der Waals surface area contributed by atoms with Gasteiger partial charge in [0.1, 0.15) is 17.2 Å². The topological polar surface area (TPSA) is 107 Å². The molecule has 3 rings (SSSR count). The SMILES string of the molecule is CC(C)(Nc1ncc(-c2cc(C(N)=O)ccc2F)nn1)c1cccc(C(F)F)n1. The Hall–Kier alpha value is -3.56. The van der Waals surface area contributed by atoms with Crippen LogP contribution in [-0.4, -0.2) is 26.1 Å². The molecule has 0 aliphatic rings. The largest absolute Gasteiger partial charge is 0.366 e. The van der Waals surface area contributed by atoms with Gasteiger partial charge in [-0.2, -0.15) is 0 Å². The fourth-order valence-corrected chi connectivity index (χ4v) is 2.60. The predicted octanol–water partition coefficient (Wildman–Crippen LogP) is 3.46. The van der Waals surface area contributed by atoms with Crippen molar-refractivity contribution in [2.75, 3.05) is 5.32 Å². The van der Waals surface area contributed by atoms with Crippen LogP contribution < -0.4 is 11.1 Å². The van der Waals surface area contributed by atoms with Gasteiger partial charge in [0.15, 0.2) is 0 Å². The summed E-state index contributed by atoms with van der Waals surface area (Å²) in [6.45, 7) is 3.44. The minimum absolute atomic E-state index is 0.0263. The molecule has 1 aromatic carbocycles. The highest BCUT2D eigenvalue weighted by Crippen LogP contribution is 2.26. The molecular formula is C19H17F3N6O. The highest BCUT2D eigenvalue weighted by molar-refractivity contribution is 5.94. The van der Waals surface area contributed by atoms with Gasteiger partial charge >= 0.3 is 0 Å². The molecule has 1 amide bonds. The van der Waals surface area contributed by atoms with E-state index in [0.717, 1.165) is 6.07 Å². The first kappa shape index (κ1) is 20.2. The van der Waals surface area contributed by atoms with Crippen LogP contribution in [0.1, 0.15) is 42.0 Å². The lowest BCUT2D eigenvalue weighted by Gasteiger charge is -2.25. The second kappa shape index (κ2) is 7.82. The summed E-state index contributed by atoms with van der Waals surface area (Å²) in [5.74, 6) is -1.22. The van der Waals surface area contributed by atoms with Crippen LogP contribution in [0.4, 0.5) is 19.1 Å². The van der Waals surface area contributed by atoms with E-state index in [-0.39, 0.29) is 28.5 Å². The van der Waals surface area contributed by atoms with Gasteiger partial charge in [-0.15, -0.1) is 10.2 Å². The number of halogens is 3. The van der Waals surface area contributed by atoms with Crippen molar-refractivity contribution in [2.45, 2.75) is 25.8 Å². The Morgan fingerprint density at radius 2 is 1.93 bits per heavy atom. The van der Waals surface area contributed by atoms with Crippen molar-refractivity contribution in [3.8, 4) is 11.3 Å². The van der Waals surface area contributed by atoms with E-state index in [4.69, 9.17) is 5.73 Å². The van der Waals surface area contributed by atoms with Crippen LogP contribution in [0.25, 0.3) is 11.3 Å². The molecule has 0 radical (unpaired) electrons. The number of benzene rings is 1. The number of carbonyl (C=O) groups excluding carboxylic acids is 1. The maximum Gasteiger partial charge on any atom is 0.280 e. The van der Waals surface area contributed by atoms with Crippen LogP contribution in [0, 0.1) is 5.82 Å². The van der Waals surface area contributed by atoms with Crippen molar-refractivity contribution >= 4 is 11.9 Å². The number of primary amides is 1. The van der Waals surface area contributed by atoms with E-state index in [2.05, 4.69) is 25.5 Å². The summed E-state index contributed by atoms with van der Waals surface area (Å²) >= 11 is 0. The molecule has 29 heavy (non-hydrogen) atoms. The van der Waals surface area contributed by atoms with Crippen molar-refractivity contribution in [1.82, 2.24) is 20.2 Å². The van der Waals surface area contributed by atoms with Gasteiger partial charge in [-0.25, -0.2) is 23.1 Å². The number of hydrogen-bond donors (Lipinski definition) is 2. The fourth-order valence-electron chi connectivity index (χ4n) is 2.60. The quantitative estimate of drug-likeness (QED) is 0.654. The van der Waals surface area contributed by atoms with Gasteiger partial charge in [-0.3, -0.25) is 4.79 Å². The van der Waals surface area contributed by atoms with Crippen LogP contribution in [-0.2, 0) is 5.54 Å². The van der Waals surface area contributed by atoms with E-state index in [9.17, 15) is 18.0 Å². The average molecular weight is 402 g/mol. The number of carbonyl (C=O) groups is 1. The van der Waals surface area contributed by atoms with Gasteiger partial charge in [0, 0.05) is 11.1 Å². The maximum absolute atomic E-state index is 14.1. The minimum Gasteiger partial charge on any atom is -0.366 e. The number of pyridine rings is 1. The van der Waals surface area contributed by atoms with E-state index in [1.807, 2.05) is 0 Å². The fraction of sp³-hybridized carbons (Fsp3) is 0.211. The van der Waals surface area contributed by atoms with Gasteiger partial charge in [-0.05, 0) is 44.2 Å². The smallest absolute Gasteiger partial charge is 0.280 e. The summed E-state index contributed by atoms with van der Waals surface area (Å²) in [5, 5.41) is 10.8. The monoisotopic (exact) mass is 402 g/mol. The van der Waals surface area contributed by atoms with Crippen LogP contribution in [0.15, 0.2) is 42.6 Å². The molecule has 0 atom stereocenters. The number of nitrogens with two attached hydrogens (primary N) is 1. The number of anilines is 1. The molecule has 2 aromatic heterocycles. The molecule has 0 saturated carbocycles. The molecule has 3 N–H and O–H groups in total. The number of nitrogens with one attached hydrogen (secondary N) is 1. The molecule has 0 aliphatic heterocycles. The van der Waals surface area contributed by atoms with E-state index in [1.165, 1.54) is 30.5 Å². The molecule has 0 spiro atoms. The first-order chi connectivity index (χ1) is 13.7. The number of aromatic nitrogens is 4. The van der Waals surface area contributed by atoms with Crippen LogP contribution in [0.3, 0.4) is 0 Å². The van der Waals surface area contributed by atoms with Crippen LogP contribution in [0.2, 0.25) is 0 Å².